The zero-order valence-electron chi connectivity index (χ0n) is 11.2. The minimum atomic E-state index is -0.199. The van der Waals surface area contributed by atoms with Crippen molar-refractivity contribution in [3.63, 3.8) is 0 Å². The molecular formula is C13H20BrFIN3. The molecule has 0 saturated heterocycles. The Kier molecular flexibility index (Phi) is 9.34. The van der Waals surface area contributed by atoms with Crippen molar-refractivity contribution in [2.24, 2.45) is 10.7 Å². The average molecular weight is 444 g/mol. The second kappa shape index (κ2) is 9.52. The number of benzene rings is 1. The fourth-order valence-corrected chi connectivity index (χ4v) is 2.08. The van der Waals surface area contributed by atoms with Crippen LogP contribution in [0.15, 0.2) is 27.7 Å². The van der Waals surface area contributed by atoms with E-state index in [0.717, 1.165) is 17.6 Å². The van der Waals surface area contributed by atoms with E-state index in [0.29, 0.717) is 24.5 Å². The van der Waals surface area contributed by atoms with Gasteiger partial charge in [-0.2, -0.15) is 0 Å². The van der Waals surface area contributed by atoms with Crippen molar-refractivity contribution in [3.05, 3.63) is 34.1 Å². The number of nitrogens with zero attached hydrogens (tertiary/aromatic N) is 2. The van der Waals surface area contributed by atoms with Gasteiger partial charge in [-0.1, -0.05) is 15.9 Å². The molecular weight excluding hydrogens is 424 g/mol. The monoisotopic (exact) mass is 443 g/mol. The second-order valence-corrected chi connectivity index (χ2v) is 4.81. The molecule has 0 atom stereocenters. The summed E-state index contributed by atoms with van der Waals surface area (Å²) >= 11 is 3.33. The quantitative estimate of drug-likeness (QED) is 0.430. The van der Waals surface area contributed by atoms with Crippen LogP contribution < -0.4 is 5.73 Å². The van der Waals surface area contributed by atoms with E-state index < -0.39 is 0 Å². The normalized spacial score (nSPS) is 11.1. The molecule has 1 rings (SSSR count). The van der Waals surface area contributed by atoms with Crippen LogP contribution in [0.1, 0.15) is 19.4 Å². The van der Waals surface area contributed by atoms with Crippen LogP contribution in [0.3, 0.4) is 0 Å². The Labute approximate surface area is 139 Å². The maximum absolute atomic E-state index is 13.5. The summed E-state index contributed by atoms with van der Waals surface area (Å²) in [5, 5.41) is 0. The molecule has 3 nitrogen and oxygen atoms in total. The molecule has 0 spiro atoms. The van der Waals surface area contributed by atoms with Gasteiger partial charge in [-0.25, -0.2) is 4.39 Å². The van der Waals surface area contributed by atoms with E-state index in [1.165, 1.54) is 6.07 Å². The highest BCUT2D eigenvalue weighted by molar-refractivity contribution is 14.0. The molecule has 0 aromatic heterocycles. The van der Waals surface area contributed by atoms with Gasteiger partial charge in [0.2, 0.25) is 0 Å². The summed E-state index contributed by atoms with van der Waals surface area (Å²) in [7, 11) is 0. The third kappa shape index (κ3) is 6.07. The maximum atomic E-state index is 13.5. The van der Waals surface area contributed by atoms with Gasteiger partial charge in [0.15, 0.2) is 5.96 Å². The van der Waals surface area contributed by atoms with E-state index in [1.807, 2.05) is 18.7 Å². The standard InChI is InChI=1S/C13H19BrFN3.HI/c1-3-18(4-2)13(16)17-8-7-10-9-11(14)5-6-12(10)15;/h5-6,9H,3-4,7-8H2,1-2H3,(H2,16,17);1H. The van der Waals surface area contributed by atoms with Crippen LogP contribution in [0.2, 0.25) is 0 Å². The van der Waals surface area contributed by atoms with E-state index in [1.54, 1.807) is 12.1 Å². The number of hydrogen-bond donors (Lipinski definition) is 1. The molecule has 19 heavy (non-hydrogen) atoms. The first-order valence-corrected chi connectivity index (χ1v) is 6.86. The van der Waals surface area contributed by atoms with E-state index >= 15 is 0 Å². The van der Waals surface area contributed by atoms with Crippen molar-refractivity contribution >= 4 is 45.9 Å². The molecule has 108 valence electrons. The Morgan fingerprint density at radius 3 is 2.58 bits per heavy atom. The first-order valence-electron chi connectivity index (χ1n) is 6.07. The minimum absolute atomic E-state index is 0. The lowest BCUT2D eigenvalue weighted by Gasteiger charge is -2.19. The fraction of sp³-hybridized carbons (Fsp3) is 0.462. The molecule has 0 heterocycles. The highest BCUT2D eigenvalue weighted by atomic mass is 127. The summed E-state index contributed by atoms with van der Waals surface area (Å²) < 4.78 is 14.3. The number of halogens is 3. The number of hydrogen-bond acceptors (Lipinski definition) is 1. The van der Waals surface area contributed by atoms with Crippen LogP contribution in [-0.4, -0.2) is 30.5 Å². The van der Waals surface area contributed by atoms with Crippen LogP contribution in [0.25, 0.3) is 0 Å². The molecule has 0 aliphatic carbocycles. The van der Waals surface area contributed by atoms with Gasteiger partial charge in [-0.15, -0.1) is 24.0 Å². The molecule has 0 unspecified atom stereocenters. The van der Waals surface area contributed by atoms with Crippen LogP contribution in [-0.2, 0) is 6.42 Å². The highest BCUT2D eigenvalue weighted by Gasteiger charge is 2.04. The fourth-order valence-electron chi connectivity index (χ4n) is 1.67. The molecule has 6 heteroatoms. The molecule has 0 radical (unpaired) electrons. The molecule has 2 N–H and O–H groups in total. The highest BCUT2D eigenvalue weighted by Crippen LogP contribution is 2.15. The average Bonchev–Trinajstić information content (AvgIpc) is 2.35. The molecule has 1 aromatic carbocycles. The van der Waals surface area contributed by atoms with Gasteiger partial charge in [-0.3, -0.25) is 4.99 Å². The van der Waals surface area contributed by atoms with Gasteiger partial charge in [0, 0.05) is 24.1 Å². The minimum Gasteiger partial charge on any atom is -0.370 e. The third-order valence-electron chi connectivity index (χ3n) is 2.75. The van der Waals surface area contributed by atoms with Crippen molar-refractivity contribution in [2.45, 2.75) is 20.3 Å². The number of nitrogens with two attached hydrogens (primary N) is 1. The summed E-state index contributed by atoms with van der Waals surface area (Å²) in [5.41, 5.74) is 6.50. The predicted molar refractivity (Wildman–Crippen MR) is 92.6 cm³/mol. The number of guanidine groups is 1. The molecule has 0 amide bonds. The smallest absolute Gasteiger partial charge is 0.191 e. The molecule has 0 saturated carbocycles. The summed E-state index contributed by atoms with van der Waals surface area (Å²) in [6.45, 7) is 6.21. The van der Waals surface area contributed by atoms with Crippen LogP contribution in [0.4, 0.5) is 4.39 Å². The van der Waals surface area contributed by atoms with Crippen molar-refractivity contribution < 1.29 is 4.39 Å². The first kappa shape index (κ1) is 18.6. The lowest BCUT2D eigenvalue weighted by atomic mass is 10.1. The Morgan fingerprint density at radius 1 is 1.37 bits per heavy atom. The molecule has 0 aliphatic rings. The van der Waals surface area contributed by atoms with Gasteiger partial charge in [0.05, 0.1) is 0 Å². The van der Waals surface area contributed by atoms with E-state index in [4.69, 9.17) is 5.73 Å². The topological polar surface area (TPSA) is 41.6 Å². The van der Waals surface area contributed by atoms with Crippen LogP contribution in [0, 0.1) is 5.82 Å². The molecule has 1 aromatic rings. The zero-order valence-corrected chi connectivity index (χ0v) is 15.1. The molecule has 0 bridgehead atoms. The van der Waals surface area contributed by atoms with Crippen LogP contribution >= 0.6 is 39.9 Å². The number of aliphatic imine (C=N–C) groups is 1. The Bertz CT molecular complexity index is 422. The van der Waals surface area contributed by atoms with Gasteiger partial charge >= 0.3 is 0 Å². The maximum Gasteiger partial charge on any atom is 0.191 e. The predicted octanol–water partition coefficient (Wildman–Crippen LogP) is 3.41. The van der Waals surface area contributed by atoms with Gasteiger partial charge in [0.1, 0.15) is 5.82 Å². The third-order valence-corrected chi connectivity index (χ3v) is 3.24. The molecule has 0 fully saturated rings. The largest absolute Gasteiger partial charge is 0.370 e. The summed E-state index contributed by atoms with van der Waals surface area (Å²) in [6.07, 6.45) is 0.549. The van der Waals surface area contributed by atoms with E-state index in [-0.39, 0.29) is 29.8 Å². The van der Waals surface area contributed by atoms with Crippen molar-refractivity contribution in [1.29, 1.82) is 0 Å². The Balaban J connectivity index is 0.00000324. The lowest BCUT2D eigenvalue weighted by molar-refractivity contribution is 0.458. The lowest BCUT2D eigenvalue weighted by Crippen LogP contribution is -2.37. The first-order chi connectivity index (χ1) is 8.58. The van der Waals surface area contributed by atoms with E-state index in [9.17, 15) is 4.39 Å². The van der Waals surface area contributed by atoms with Gasteiger partial charge in [-0.05, 0) is 44.0 Å². The summed E-state index contributed by atoms with van der Waals surface area (Å²) in [4.78, 5) is 6.24. The summed E-state index contributed by atoms with van der Waals surface area (Å²) in [6, 6.07) is 4.92. The zero-order chi connectivity index (χ0) is 13.5. The Hall–Kier alpha value is -0.370. The second-order valence-electron chi connectivity index (χ2n) is 3.90. The number of rotatable bonds is 5. The van der Waals surface area contributed by atoms with Gasteiger partial charge < -0.3 is 10.6 Å². The SMILES string of the molecule is CCN(CC)C(N)=NCCc1cc(Br)ccc1F.I. The van der Waals surface area contributed by atoms with Crippen molar-refractivity contribution in [1.82, 2.24) is 4.90 Å². The Morgan fingerprint density at radius 2 is 2.00 bits per heavy atom. The summed E-state index contributed by atoms with van der Waals surface area (Å²) in [5.74, 6) is 0.324. The van der Waals surface area contributed by atoms with Crippen LogP contribution in [0.5, 0.6) is 0 Å². The van der Waals surface area contributed by atoms with Gasteiger partial charge in [0.25, 0.3) is 0 Å². The van der Waals surface area contributed by atoms with Crippen molar-refractivity contribution in [3.8, 4) is 0 Å². The van der Waals surface area contributed by atoms with Crippen molar-refractivity contribution in [2.75, 3.05) is 19.6 Å². The molecule has 0 aliphatic heterocycles. The van der Waals surface area contributed by atoms with E-state index in [2.05, 4.69) is 20.9 Å².